The van der Waals surface area contributed by atoms with Crippen molar-refractivity contribution in [3.63, 3.8) is 0 Å². The Morgan fingerprint density at radius 2 is 1.96 bits per heavy atom. The Kier molecular flexibility index (Phi) is 5.79. The van der Waals surface area contributed by atoms with E-state index in [9.17, 15) is 4.39 Å². The average Bonchev–Trinajstić information content (AvgIpc) is 3.18. The van der Waals surface area contributed by atoms with Gasteiger partial charge in [0, 0.05) is 29.1 Å². The lowest BCUT2D eigenvalue weighted by molar-refractivity contribution is 0.158. The fourth-order valence-corrected chi connectivity index (χ4v) is 2.35. The van der Waals surface area contributed by atoms with E-state index in [0.29, 0.717) is 30.0 Å². The molecule has 0 atom stereocenters. The second-order valence-corrected chi connectivity index (χ2v) is 5.50. The van der Waals surface area contributed by atoms with Gasteiger partial charge >= 0.3 is 0 Å². The SMILES string of the molecule is CCO/N=C(\Cn1ccnc1)c1ccc(C#Cc2ccccc2)cc1F. The Hall–Kier alpha value is -3.39. The van der Waals surface area contributed by atoms with Crippen LogP contribution in [0.5, 0.6) is 0 Å². The molecule has 1 aromatic heterocycles. The van der Waals surface area contributed by atoms with E-state index >= 15 is 0 Å². The van der Waals surface area contributed by atoms with Gasteiger partial charge in [0.05, 0.1) is 12.9 Å². The quantitative estimate of drug-likeness (QED) is 0.399. The molecule has 0 saturated heterocycles. The van der Waals surface area contributed by atoms with Crippen molar-refractivity contribution in [2.75, 3.05) is 6.61 Å². The predicted octanol–water partition coefficient (Wildman–Crippen LogP) is 3.86. The molecule has 0 spiro atoms. The van der Waals surface area contributed by atoms with Crippen molar-refractivity contribution in [3.05, 3.63) is 89.8 Å². The third kappa shape index (κ3) is 4.58. The van der Waals surface area contributed by atoms with E-state index in [0.717, 1.165) is 5.56 Å². The van der Waals surface area contributed by atoms with Crippen LogP contribution in [0.4, 0.5) is 4.39 Å². The van der Waals surface area contributed by atoms with Crippen molar-refractivity contribution >= 4 is 5.71 Å². The smallest absolute Gasteiger partial charge is 0.133 e. The van der Waals surface area contributed by atoms with E-state index < -0.39 is 0 Å². The molecule has 0 unspecified atom stereocenters. The molecule has 130 valence electrons. The summed E-state index contributed by atoms with van der Waals surface area (Å²) in [4.78, 5) is 9.14. The topological polar surface area (TPSA) is 39.4 Å². The number of hydrogen-bond donors (Lipinski definition) is 0. The molecule has 0 amide bonds. The molecular weight excluding hydrogens is 329 g/mol. The van der Waals surface area contributed by atoms with Gasteiger partial charge in [-0.15, -0.1) is 0 Å². The summed E-state index contributed by atoms with van der Waals surface area (Å²) in [5.41, 5.74) is 2.37. The molecule has 3 rings (SSSR count). The zero-order chi connectivity index (χ0) is 18.2. The number of imidazole rings is 1. The van der Waals surface area contributed by atoms with Gasteiger partial charge < -0.3 is 9.40 Å². The lowest BCUT2D eigenvalue weighted by Gasteiger charge is -2.09. The zero-order valence-electron chi connectivity index (χ0n) is 14.4. The molecule has 1 heterocycles. The van der Waals surface area contributed by atoms with E-state index in [1.54, 1.807) is 35.4 Å². The van der Waals surface area contributed by atoms with E-state index in [1.807, 2.05) is 37.3 Å². The number of benzene rings is 2. The zero-order valence-corrected chi connectivity index (χ0v) is 14.4. The minimum absolute atomic E-state index is 0.367. The summed E-state index contributed by atoms with van der Waals surface area (Å²) < 4.78 is 16.5. The van der Waals surface area contributed by atoms with Crippen molar-refractivity contribution in [2.24, 2.45) is 5.16 Å². The number of aromatic nitrogens is 2. The first kappa shape index (κ1) is 17.4. The van der Waals surface area contributed by atoms with E-state index in [2.05, 4.69) is 22.0 Å². The van der Waals surface area contributed by atoms with E-state index in [1.165, 1.54) is 6.07 Å². The van der Waals surface area contributed by atoms with Crippen LogP contribution < -0.4 is 0 Å². The van der Waals surface area contributed by atoms with Crippen molar-refractivity contribution in [1.29, 1.82) is 0 Å². The second-order valence-electron chi connectivity index (χ2n) is 5.50. The first-order valence-electron chi connectivity index (χ1n) is 8.28. The molecule has 26 heavy (non-hydrogen) atoms. The minimum Gasteiger partial charge on any atom is -0.396 e. The second kappa shape index (κ2) is 8.63. The molecule has 3 aromatic rings. The van der Waals surface area contributed by atoms with Gasteiger partial charge in [-0.2, -0.15) is 0 Å². The third-order valence-electron chi connectivity index (χ3n) is 3.60. The van der Waals surface area contributed by atoms with Gasteiger partial charge in [-0.05, 0) is 37.3 Å². The first-order chi connectivity index (χ1) is 12.8. The molecule has 0 bridgehead atoms. The Balaban J connectivity index is 1.86. The molecule has 5 heteroatoms. The van der Waals surface area contributed by atoms with Gasteiger partial charge in [-0.25, -0.2) is 9.37 Å². The molecule has 0 fully saturated rings. The van der Waals surface area contributed by atoms with Gasteiger partial charge in [0.15, 0.2) is 0 Å². The van der Waals surface area contributed by atoms with Crippen LogP contribution >= 0.6 is 0 Å². The molecular formula is C21H18FN3O. The highest BCUT2D eigenvalue weighted by Crippen LogP contribution is 2.13. The highest BCUT2D eigenvalue weighted by molar-refractivity contribution is 6.00. The van der Waals surface area contributed by atoms with Crippen molar-refractivity contribution in [1.82, 2.24) is 9.55 Å². The summed E-state index contributed by atoms with van der Waals surface area (Å²) in [6, 6.07) is 14.5. The third-order valence-corrected chi connectivity index (χ3v) is 3.60. The standard InChI is InChI=1S/C21H18FN3O/c1-2-26-24-21(15-25-13-12-23-16-25)19-11-10-18(14-20(19)22)9-8-17-6-4-3-5-7-17/h3-7,10-14,16H,2,15H2,1H3/b24-21+. The monoisotopic (exact) mass is 347 g/mol. The summed E-state index contributed by atoms with van der Waals surface area (Å²) in [5, 5.41) is 4.06. The highest BCUT2D eigenvalue weighted by atomic mass is 19.1. The van der Waals surface area contributed by atoms with Crippen LogP contribution in [0.25, 0.3) is 0 Å². The Morgan fingerprint density at radius 3 is 2.65 bits per heavy atom. The van der Waals surface area contributed by atoms with Crippen LogP contribution in [-0.4, -0.2) is 21.9 Å². The van der Waals surface area contributed by atoms with Crippen LogP contribution in [-0.2, 0) is 11.4 Å². The maximum Gasteiger partial charge on any atom is 0.133 e. The summed E-state index contributed by atoms with van der Waals surface area (Å²) in [7, 11) is 0. The first-order valence-corrected chi connectivity index (χ1v) is 8.28. The van der Waals surface area contributed by atoms with Crippen LogP contribution in [0.15, 0.2) is 72.4 Å². The van der Waals surface area contributed by atoms with Gasteiger partial charge in [0.25, 0.3) is 0 Å². The summed E-state index contributed by atoms with van der Waals surface area (Å²) >= 11 is 0. The Morgan fingerprint density at radius 1 is 1.15 bits per heavy atom. The highest BCUT2D eigenvalue weighted by Gasteiger charge is 2.12. The molecule has 2 aromatic carbocycles. The van der Waals surface area contributed by atoms with Gasteiger partial charge in [0.2, 0.25) is 0 Å². The average molecular weight is 347 g/mol. The number of rotatable bonds is 5. The molecule has 0 aliphatic carbocycles. The Labute approximate surface area is 152 Å². The summed E-state index contributed by atoms with van der Waals surface area (Å²) in [6.45, 7) is 2.61. The van der Waals surface area contributed by atoms with Crippen LogP contribution in [0.3, 0.4) is 0 Å². The number of nitrogens with zero attached hydrogens (tertiary/aromatic N) is 3. The number of hydrogen-bond acceptors (Lipinski definition) is 3. The van der Waals surface area contributed by atoms with Crippen molar-refractivity contribution in [3.8, 4) is 11.8 Å². The lowest BCUT2D eigenvalue weighted by atomic mass is 10.1. The molecule has 0 N–H and O–H groups in total. The maximum absolute atomic E-state index is 14.7. The van der Waals surface area contributed by atoms with Crippen molar-refractivity contribution in [2.45, 2.75) is 13.5 Å². The number of oxime groups is 1. The normalized spacial score (nSPS) is 10.9. The Bertz CT molecular complexity index is 938. The number of halogens is 1. The molecule has 4 nitrogen and oxygen atoms in total. The fraction of sp³-hybridized carbons (Fsp3) is 0.143. The van der Waals surface area contributed by atoms with Crippen LogP contribution in [0.2, 0.25) is 0 Å². The minimum atomic E-state index is -0.386. The maximum atomic E-state index is 14.7. The van der Waals surface area contributed by atoms with Gasteiger partial charge in [-0.3, -0.25) is 0 Å². The summed E-state index contributed by atoms with van der Waals surface area (Å²) in [5.74, 6) is 5.62. The van der Waals surface area contributed by atoms with Crippen LogP contribution in [0.1, 0.15) is 23.6 Å². The van der Waals surface area contributed by atoms with Gasteiger partial charge in [-0.1, -0.05) is 35.2 Å². The summed E-state index contributed by atoms with van der Waals surface area (Å²) in [6.07, 6.45) is 5.11. The van der Waals surface area contributed by atoms with Crippen molar-refractivity contribution < 1.29 is 9.23 Å². The van der Waals surface area contributed by atoms with E-state index in [-0.39, 0.29) is 5.82 Å². The molecule has 0 saturated carbocycles. The molecule has 0 aliphatic heterocycles. The molecule has 0 aliphatic rings. The largest absolute Gasteiger partial charge is 0.396 e. The molecule has 0 radical (unpaired) electrons. The van der Waals surface area contributed by atoms with Gasteiger partial charge in [0.1, 0.15) is 18.1 Å². The predicted molar refractivity (Wildman–Crippen MR) is 99.2 cm³/mol. The van der Waals surface area contributed by atoms with E-state index in [4.69, 9.17) is 4.84 Å². The lowest BCUT2D eigenvalue weighted by Crippen LogP contribution is -2.13. The van der Waals surface area contributed by atoms with Crippen LogP contribution in [0, 0.1) is 17.7 Å². The fourth-order valence-electron chi connectivity index (χ4n) is 2.35.